The van der Waals surface area contributed by atoms with Gasteiger partial charge in [-0.2, -0.15) is 0 Å². The first-order chi connectivity index (χ1) is 10.7. The molecule has 0 bridgehead atoms. The number of hydrogen-bond donors (Lipinski definition) is 2. The summed E-state index contributed by atoms with van der Waals surface area (Å²) in [5, 5.41) is 5.83. The number of nitrogens with one attached hydrogen (secondary N) is 2. The molecule has 0 aromatic rings. The molecule has 128 valence electrons. The zero-order chi connectivity index (χ0) is 16.0. The van der Waals surface area contributed by atoms with Crippen molar-refractivity contribution in [3.63, 3.8) is 0 Å². The third kappa shape index (κ3) is 9.73. The molecule has 0 aliphatic heterocycles. The van der Waals surface area contributed by atoms with Crippen molar-refractivity contribution in [2.75, 3.05) is 39.5 Å². The fourth-order valence-electron chi connectivity index (χ4n) is 2.64. The lowest BCUT2D eigenvalue weighted by molar-refractivity contribution is -0.142. The van der Waals surface area contributed by atoms with Crippen molar-refractivity contribution in [2.24, 2.45) is 5.92 Å². The van der Waals surface area contributed by atoms with Gasteiger partial charge in [-0.1, -0.05) is 19.3 Å². The fraction of sp³-hybridized carbons (Fsp3) is 0.875. The molecule has 0 saturated heterocycles. The molecule has 0 aromatic heterocycles. The lowest BCUT2D eigenvalue weighted by Crippen LogP contribution is -2.31. The average molecular weight is 314 g/mol. The van der Waals surface area contributed by atoms with Crippen molar-refractivity contribution in [1.29, 1.82) is 0 Å². The molecule has 1 aliphatic rings. The largest absolute Gasteiger partial charge is 0.465 e. The van der Waals surface area contributed by atoms with Crippen molar-refractivity contribution >= 4 is 11.9 Å². The second-order valence-electron chi connectivity index (χ2n) is 5.65. The lowest BCUT2D eigenvalue weighted by Gasteiger charge is -2.20. The molecule has 2 N–H and O–H groups in total. The van der Waals surface area contributed by atoms with Crippen molar-refractivity contribution < 1.29 is 19.1 Å². The number of rotatable bonds is 11. The number of esters is 1. The molecule has 0 aromatic carbocycles. The van der Waals surface area contributed by atoms with Crippen molar-refractivity contribution in [3.8, 4) is 0 Å². The quantitative estimate of drug-likeness (QED) is 0.443. The van der Waals surface area contributed by atoms with E-state index in [0.29, 0.717) is 45.2 Å². The van der Waals surface area contributed by atoms with Crippen LogP contribution in [0.4, 0.5) is 0 Å². The molecule has 1 fully saturated rings. The van der Waals surface area contributed by atoms with Gasteiger partial charge in [-0.15, -0.1) is 0 Å². The summed E-state index contributed by atoms with van der Waals surface area (Å²) in [4.78, 5) is 22.8. The predicted molar refractivity (Wildman–Crippen MR) is 84.5 cm³/mol. The van der Waals surface area contributed by atoms with Gasteiger partial charge in [-0.25, -0.2) is 0 Å². The van der Waals surface area contributed by atoms with Crippen molar-refractivity contribution in [3.05, 3.63) is 0 Å². The molecule has 0 unspecified atom stereocenters. The Hall–Kier alpha value is -1.14. The van der Waals surface area contributed by atoms with E-state index in [0.717, 1.165) is 0 Å². The predicted octanol–water partition coefficient (Wildman–Crippen LogP) is 1.24. The SMILES string of the molecule is CCOC(=O)CNCCOCCNC(=O)CC1CCCCC1. The summed E-state index contributed by atoms with van der Waals surface area (Å²) in [7, 11) is 0. The maximum atomic E-state index is 11.8. The van der Waals surface area contributed by atoms with E-state index < -0.39 is 0 Å². The molecule has 1 saturated carbocycles. The van der Waals surface area contributed by atoms with E-state index in [2.05, 4.69) is 10.6 Å². The van der Waals surface area contributed by atoms with Gasteiger partial charge in [0.05, 0.1) is 26.4 Å². The van der Waals surface area contributed by atoms with Crippen LogP contribution in [0.1, 0.15) is 45.4 Å². The van der Waals surface area contributed by atoms with Crippen LogP contribution in [0.2, 0.25) is 0 Å². The first-order valence-corrected chi connectivity index (χ1v) is 8.43. The van der Waals surface area contributed by atoms with Gasteiger partial charge in [0.1, 0.15) is 0 Å². The van der Waals surface area contributed by atoms with Gasteiger partial charge in [0, 0.05) is 19.5 Å². The summed E-state index contributed by atoms with van der Waals surface area (Å²) in [5.41, 5.74) is 0. The summed E-state index contributed by atoms with van der Waals surface area (Å²) in [6, 6.07) is 0. The van der Waals surface area contributed by atoms with E-state index in [1.165, 1.54) is 32.1 Å². The highest BCUT2D eigenvalue weighted by Crippen LogP contribution is 2.25. The Bertz CT molecular complexity index is 317. The van der Waals surface area contributed by atoms with Gasteiger partial charge in [-0.05, 0) is 25.7 Å². The molecule has 6 heteroatoms. The van der Waals surface area contributed by atoms with Gasteiger partial charge in [0.2, 0.25) is 5.91 Å². The Morgan fingerprint density at radius 3 is 2.55 bits per heavy atom. The number of carbonyl (C=O) groups is 2. The van der Waals surface area contributed by atoms with E-state index in [-0.39, 0.29) is 18.4 Å². The smallest absolute Gasteiger partial charge is 0.319 e. The van der Waals surface area contributed by atoms with Crippen LogP contribution in [-0.2, 0) is 19.1 Å². The highest BCUT2D eigenvalue weighted by atomic mass is 16.5. The fourth-order valence-corrected chi connectivity index (χ4v) is 2.64. The van der Waals surface area contributed by atoms with Crippen LogP contribution in [0, 0.1) is 5.92 Å². The van der Waals surface area contributed by atoms with Crippen LogP contribution in [0.25, 0.3) is 0 Å². The number of ether oxygens (including phenoxy) is 2. The standard InChI is InChI=1S/C16H30N2O4/c1-2-22-16(20)13-17-8-10-21-11-9-18-15(19)12-14-6-4-3-5-7-14/h14,17H,2-13H2,1H3,(H,18,19). The number of carbonyl (C=O) groups excluding carboxylic acids is 2. The minimum Gasteiger partial charge on any atom is -0.465 e. The number of hydrogen-bond acceptors (Lipinski definition) is 5. The third-order valence-electron chi connectivity index (χ3n) is 3.77. The Kier molecular flexibility index (Phi) is 10.7. The number of amides is 1. The summed E-state index contributed by atoms with van der Waals surface area (Å²) in [6.07, 6.45) is 6.88. The molecule has 1 aliphatic carbocycles. The summed E-state index contributed by atoms with van der Waals surface area (Å²) in [5.74, 6) is 0.454. The first kappa shape index (κ1) is 18.9. The Labute approximate surface area is 133 Å². The molecule has 1 amide bonds. The van der Waals surface area contributed by atoms with Crippen LogP contribution in [0.15, 0.2) is 0 Å². The minimum atomic E-state index is -0.252. The van der Waals surface area contributed by atoms with Gasteiger partial charge in [0.25, 0.3) is 0 Å². The van der Waals surface area contributed by atoms with Crippen LogP contribution >= 0.6 is 0 Å². The van der Waals surface area contributed by atoms with Crippen LogP contribution < -0.4 is 10.6 Å². The van der Waals surface area contributed by atoms with Gasteiger partial charge in [-0.3, -0.25) is 9.59 Å². The van der Waals surface area contributed by atoms with Gasteiger partial charge < -0.3 is 20.1 Å². The molecule has 0 spiro atoms. The van der Waals surface area contributed by atoms with E-state index in [9.17, 15) is 9.59 Å². The molecular formula is C16H30N2O4. The Morgan fingerprint density at radius 2 is 1.82 bits per heavy atom. The maximum absolute atomic E-state index is 11.8. The molecule has 0 atom stereocenters. The monoisotopic (exact) mass is 314 g/mol. The second-order valence-corrected chi connectivity index (χ2v) is 5.65. The molecule has 22 heavy (non-hydrogen) atoms. The zero-order valence-corrected chi connectivity index (χ0v) is 13.7. The molecule has 6 nitrogen and oxygen atoms in total. The lowest BCUT2D eigenvalue weighted by atomic mass is 9.87. The molecule has 1 rings (SSSR count). The summed E-state index contributed by atoms with van der Waals surface area (Å²) >= 11 is 0. The summed E-state index contributed by atoms with van der Waals surface area (Å²) in [6.45, 7) is 4.53. The van der Waals surface area contributed by atoms with Crippen molar-refractivity contribution in [1.82, 2.24) is 10.6 Å². The highest BCUT2D eigenvalue weighted by Gasteiger charge is 2.16. The minimum absolute atomic E-state index is 0.135. The van der Waals surface area contributed by atoms with E-state index in [1.54, 1.807) is 6.92 Å². The first-order valence-electron chi connectivity index (χ1n) is 8.43. The van der Waals surface area contributed by atoms with Crippen LogP contribution in [0.5, 0.6) is 0 Å². The van der Waals surface area contributed by atoms with Crippen LogP contribution in [0.3, 0.4) is 0 Å². The Morgan fingerprint density at radius 1 is 1.09 bits per heavy atom. The normalized spacial score (nSPS) is 15.5. The van der Waals surface area contributed by atoms with E-state index in [4.69, 9.17) is 9.47 Å². The van der Waals surface area contributed by atoms with E-state index >= 15 is 0 Å². The van der Waals surface area contributed by atoms with E-state index in [1.807, 2.05) is 0 Å². The van der Waals surface area contributed by atoms with Crippen molar-refractivity contribution in [2.45, 2.75) is 45.4 Å². The topological polar surface area (TPSA) is 76.7 Å². The highest BCUT2D eigenvalue weighted by molar-refractivity contribution is 5.76. The molecule has 0 radical (unpaired) electrons. The van der Waals surface area contributed by atoms with Gasteiger partial charge in [0.15, 0.2) is 0 Å². The Balaban J connectivity index is 1.86. The second kappa shape index (κ2) is 12.4. The summed E-state index contributed by atoms with van der Waals surface area (Å²) < 4.78 is 10.2. The maximum Gasteiger partial charge on any atom is 0.319 e. The van der Waals surface area contributed by atoms with Gasteiger partial charge >= 0.3 is 5.97 Å². The van der Waals surface area contributed by atoms with Crippen LogP contribution in [-0.4, -0.2) is 51.3 Å². The zero-order valence-electron chi connectivity index (χ0n) is 13.7. The third-order valence-corrected chi connectivity index (χ3v) is 3.77. The average Bonchev–Trinajstić information content (AvgIpc) is 2.51. The molecule has 0 heterocycles. The molecular weight excluding hydrogens is 284 g/mol.